The molecule has 30 heavy (non-hydrogen) atoms. The quantitative estimate of drug-likeness (QED) is 0.587. The van der Waals surface area contributed by atoms with Gasteiger partial charge in [0.05, 0.1) is 17.3 Å². The SMILES string of the molecule is CCN1CCC[C@H](NCc2nnc(-c3ccc(C(F)(F)F)cc3O)c3cn[nH]c23)C1. The number of phenols is 1. The van der Waals surface area contributed by atoms with E-state index in [1.54, 1.807) is 6.20 Å². The second-order valence-electron chi connectivity index (χ2n) is 7.50. The van der Waals surface area contributed by atoms with Gasteiger partial charge in [-0.25, -0.2) is 0 Å². The smallest absolute Gasteiger partial charge is 0.416 e. The first-order valence-electron chi connectivity index (χ1n) is 9.91. The van der Waals surface area contributed by atoms with Crippen LogP contribution in [0.5, 0.6) is 5.75 Å². The van der Waals surface area contributed by atoms with Crippen LogP contribution in [0.3, 0.4) is 0 Å². The van der Waals surface area contributed by atoms with Gasteiger partial charge in [0.15, 0.2) is 0 Å². The minimum absolute atomic E-state index is 0.173. The molecule has 0 amide bonds. The van der Waals surface area contributed by atoms with E-state index in [0.717, 1.165) is 38.5 Å². The van der Waals surface area contributed by atoms with E-state index in [1.165, 1.54) is 6.07 Å². The van der Waals surface area contributed by atoms with E-state index in [0.29, 0.717) is 35.2 Å². The number of aromatic nitrogens is 4. The van der Waals surface area contributed by atoms with Crippen LogP contribution in [-0.2, 0) is 12.7 Å². The first-order chi connectivity index (χ1) is 14.4. The van der Waals surface area contributed by atoms with E-state index in [-0.39, 0.29) is 11.3 Å². The van der Waals surface area contributed by atoms with Crippen LogP contribution in [0.4, 0.5) is 13.2 Å². The van der Waals surface area contributed by atoms with Gasteiger partial charge in [-0.15, -0.1) is 5.10 Å². The van der Waals surface area contributed by atoms with Crippen molar-refractivity contribution >= 4 is 10.9 Å². The van der Waals surface area contributed by atoms with Crippen molar-refractivity contribution in [3.63, 3.8) is 0 Å². The van der Waals surface area contributed by atoms with E-state index >= 15 is 0 Å². The van der Waals surface area contributed by atoms with Crippen LogP contribution in [0.2, 0.25) is 0 Å². The number of hydrogen-bond acceptors (Lipinski definition) is 6. The van der Waals surface area contributed by atoms with E-state index in [1.807, 2.05) is 0 Å². The number of aromatic hydroxyl groups is 1. The van der Waals surface area contributed by atoms with Crippen molar-refractivity contribution in [2.75, 3.05) is 19.6 Å². The Balaban J connectivity index is 1.59. The number of nitrogens with zero attached hydrogens (tertiary/aromatic N) is 4. The maximum atomic E-state index is 12.9. The average molecular weight is 420 g/mol. The molecule has 1 saturated heterocycles. The summed E-state index contributed by atoms with van der Waals surface area (Å²) in [4.78, 5) is 2.40. The number of likely N-dealkylation sites (N-methyl/N-ethyl adjacent to an activating group) is 1. The number of fused-ring (bicyclic) bond motifs is 1. The van der Waals surface area contributed by atoms with Crippen LogP contribution >= 0.6 is 0 Å². The third kappa shape index (κ3) is 4.10. The van der Waals surface area contributed by atoms with Gasteiger partial charge in [0, 0.05) is 30.1 Å². The molecule has 0 aliphatic carbocycles. The Labute approximate surface area is 171 Å². The summed E-state index contributed by atoms with van der Waals surface area (Å²) in [5, 5.41) is 29.7. The van der Waals surface area contributed by atoms with Gasteiger partial charge in [-0.05, 0) is 44.1 Å². The number of benzene rings is 1. The summed E-state index contributed by atoms with van der Waals surface area (Å²) < 4.78 is 38.6. The summed E-state index contributed by atoms with van der Waals surface area (Å²) in [5.74, 6) is -0.505. The van der Waals surface area contributed by atoms with Gasteiger partial charge in [-0.3, -0.25) is 5.10 Å². The molecule has 1 aromatic carbocycles. The van der Waals surface area contributed by atoms with E-state index in [2.05, 4.69) is 37.5 Å². The zero-order valence-corrected chi connectivity index (χ0v) is 16.5. The highest BCUT2D eigenvalue weighted by Gasteiger charge is 2.31. The topological polar surface area (TPSA) is 90.0 Å². The summed E-state index contributed by atoms with van der Waals surface area (Å²) in [6.45, 7) is 5.76. The normalized spacial score (nSPS) is 18.2. The lowest BCUT2D eigenvalue weighted by Gasteiger charge is -2.32. The van der Waals surface area contributed by atoms with Gasteiger partial charge in [0.1, 0.15) is 17.1 Å². The fourth-order valence-electron chi connectivity index (χ4n) is 3.88. The van der Waals surface area contributed by atoms with E-state index in [4.69, 9.17) is 0 Å². The van der Waals surface area contributed by atoms with Crippen LogP contribution in [0, 0.1) is 0 Å². The fourth-order valence-corrected chi connectivity index (χ4v) is 3.88. The first-order valence-corrected chi connectivity index (χ1v) is 9.91. The molecule has 0 bridgehead atoms. The number of hydrogen-bond donors (Lipinski definition) is 3. The highest BCUT2D eigenvalue weighted by atomic mass is 19.4. The average Bonchev–Trinajstić information content (AvgIpc) is 3.22. The van der Waals surface area contributed by atoms with Gasteiger partial charge in [0.25, 0.3) is 0 Å². The van der Waals surface area contributed by atoms with Crippen LogP contribution in [0.1, 0.15) is 31.0 Å². The molecule has 3 N–H and O–H groups in total. The van der Waals surface area contributed by atoms with Crippen LogP contribution in [-0.4, -0.2) is 56.1 Å². The van der Waals surface area contributed by atoms with Crippen molar-refractivity contribution in [3.05, 3.63) is 35.7 Å². The molecule has 0 saturated carbocycles. The highest BCUT2D eigenvalue weighted by Crippen LogP contribution is 2.37. The zero-order valence-electron chi connectivity index (χ0n) is 16.5. The number of piperidine rings is 1. The molecule has 0 unspecified atom stereocenters. The number of phenolic OH excluding ortho intramolecular Hbond substituents is 1. The number of halogens is 3. The Hall–Kier alpha value is -2.72. The number of H-pyrrole nitrogens is 1. The van der Waals surface area contributed by atoms with Crippen LogP contribution in [0.15, 0.2) is 24.4 Å². The molecule has 2 aromatic heterocycles. The summed E-state index contributed by atoms with van der Waals surface area (Å²) in [6, 6.07) is 3.17. The molecule has 1 aliphatic rings. The number of alkyl halides is 3. The van der Waals surface area contributed by atoms with E-state index < -0.39 is 17.5 Å². The molecule has 0 spiro atoms. The molecule has 4 rings (SSSR count). The van der Waals surface area contributed by atoms with Gasteiger partial charge in [-0.2, -0.15) is 23.4 Å². The lowest BCUT2D eigenvalue weighted by molar-refractivity contribution is -0.137. The number of nitrogens with one attached hydrogen (secondary N) is 2. The van der Waals surface area contributed by atoms with Crippen molar-refractivity contribution in [2.24, 2.45) is 0 Å². The fraction of sp³-hybridized carbons (Fsp3) is 0.450. The van der Waals surface area contributed by atoms with Crippen molar-refractivity contribution in [3.8, 4) is 17.0 Å². The predicted octanol–water partition coefficient (Wildman–Crippen LogP) is 3.32. The van der Waals surface area contributed by atoms with Crippen LogP contribution < -0.4 is 5.32 Å². The second kappa shape index (κ2) is 8.19. The molecule has 1 fully saturated rings. The molecule has 160 valence electrons. The maximum absolute atomic E-state index is 12.9. The first kappa shape index (κ1) is 20.5. The highest BCUT2D eigenvalue weighted by molar-refractivity contribution is 5.94. The minimum Gasteiger partial charge on any atom is -0.507 e. The molecule has 1 aliphatic heterocycles. The third-order valence-corrected chi connectivity index (χ3v) is 5.54. The maximum Gasteiger partial charge on any atom is 0.416 e. The van der Waals surface area contributed by atoms with Gasteiger partial charge < -0.3 is 15.3 Å². The van der Waals surface area contributed by atoms with Crippen LogP contribution in [0.25, 0.3) is 22.2 Å². The van der Waals surface area contributed by atoms with Crippen molar-refractivity contribution in [1.82, 2.24) is 30.6 Å². The molecular formula is C20H23F3N6O. The monoisotopic (exact) mass is 420 g/mol. The number of aromatic amines is 1. The molecule has 1 atom stereocenters. The number of rotatable bonds is 5. The zero-order chi connectivity index (χ0) is 21.3. The lowest BCUT2D eigenvalue weighted by atomic mass is 10.0. The van der Waals surface area contributed by atoms with Crippen molar-refractivity contribution in [2.45, 2.75) is 38.5 Å². The standard InChI is InChI=1S/C20H23F3N6O/c1-2-29-7-3-4-13(11-29)24-10-16-19-15(9-25-27-19)18(28-26-16)14-6-5-12(8-17(14)30)20(21,22)23/h5-6,8-9,13,24,30H,2-4,7,10-11H2,1H3,(H,25,27)/t13-/m0/s1. The number of likely N-dealkylation sites (tertiary alicyclic amines) is 1. The predicted molar refractivity (Wildman–Crippen MR) is 106 cm³/mol. The largest absolute Gasteiger partial charge is 0.507 e. The molecule has 10 heteroatoms. The molecule has 7 nitrogen and oxygen atoms in total. The minimum atomic E-state index is -4.53. The van der Waals surface area contributed by atoms with Gasteiger partial charge in [-0.1, -0.05) is 6.92 Å². The van der Waals surface area contributed by atoms with Gasteiger partial charge in [0.2, 0.25) is 0 Å². The Bertz CT molecular complexity index is 1040. The Morgan fingerprint density at radius 3 is 2.87 bits per heavy atom. The second-order valence-corrected chi connectivity index (χ2v) is 7.50. The van der Waals surface area contributed by atoms with E-state index in [9.17, 15) is 18.3 Å². The molecule has 3 heterocycles. The molecule has 0 radical (unpaired) electrons. The Morgan fingerprint density at radius 2 is 2.13 bits per heavy atom. The summed E-state index contributed by atoms with van der Waals surface area (Å²) in [6.07, 6.45) is -0.760. The lowest BCUT2D eigenvalue weighted by Crippen LogP contribution is -2.45. The summed E-state index contributed by atoms with van der Waals surface area (Å²) >= 11 is 0. The molecular weight excluding hydrogens is 397 g/mol. The summed E-state index contributed by atoms with van der Waals surface area (Å²) in [7, 11) is 0. The van der Waals surface area contributed by atoms with Crippen molar-refractivity contribution < 1.29 is 18.3 Å². The van der Waals surface area contributed by atoms with Crippen molar-refractivity contribution in [1.29, 1.82) is 0 Å². The van der Waals surface area contributed by atoms with Gasteiger partial charge >= 0.3 is 6.18 Å². The molecule has 3 aromatic rings. The Kier molecular flexibility index (Phi) is 5.61. The Morgan fingerprint density at radius 1 is 1.30 bits per heavy atom. The third-order valence-electron chi connectivity index (χ3n) is 5.54. The summed E-state index contributed by atoms with van der Waals surface area (Å²) in [5.41, 5.74) is 0.853.